The molecular weight excluding hydrogens is 270 g/mol. The lowest BCUT2D eigenvalue weighted by atomic mass is 10.1. The molecule has 0 unspecified atom stereocenters. The van der Waals surface area contributed by atoms with Gasteiger partial charge in [0.25, 0.3) is 0 Å². The van der Waals surface area contributed by atoms with E-state index in [1.807, 2.05) is 0 Å². The predicted octanol–water partition coefficient (Wildman–Crippen LogP) is 3.27. The molecule has 1 heterocycles. The number of thiazole rings is 1. The molecule has 0 aliphatic carbocycles. The highest BCUT2D eigenvalue weighted by Crippen LogP contribution is 2.27. The van der Waals surface area contributed by atoms with Crippen LogP contribution >= 0.6 is 11.3 Å². The first kappa shape index (κ1) is 17.4. The van der Waals surface area contributed by atoms with Crippen molar-refractivity contribution in [3.8, 4) is 0 Å². The van der Waals surface area contributed by atoms with Crippen LogP contribution in [-0.4, -0.2) is 31.2 Å². The summed E-state index contributed by atoms with van der Waals surface area (Å²) in [5, 5.41) is 4.61. The number of anilines is 1. The predicted molar refractivity (Wildman–Crippen MR) is 87.5 cm³/mol. The summed E-state index contributed by atoms with van der Waals surface area (Å²) < 4.78 is 5.27. The molecule has 0 saturated carbocycles. The molecule has 4 nitrogen and oxygen atoms in total. The van der Waals surface area contributed by atoms with E-state index in [-0.39, 0.29) is 5.54 Å². The summed E-state index contributed by atoms with van der Waals surface area (Å²) in [5.74, 6) is 0.630. The molecule has 0 atom stereocenters. The van der Waals surface area contributed by atoms with Crippen molar-refractivity contribution >= 4 is 16.5 Å². The topological polar surface area (TPSA) is 37.4 Å². The van der Waals surface area contributed by atoms with Crippen LogP contribution in [0.5, 0.6) is 0 Å². The van der Waals surface area contributed by atoms with Gasteiger partial charge in [0.2, 0.25) is 0 Å². The van der Waals surface area contributed by atoms with Crippen molar-refractivity contribution in [1.29, 1.82) is 0 Å². The minimum Gasteiger partial charge on any atom is -0.378 e. The molecule has 0 fully saturated rings. The van der Waals surface area contributed by atoms with Crippen molar-refractivity contribution in [3.05, 3.63) is 10.6 Å². The van der Waals surface area contributed by atoms with Gasteiger partial charge in [0.05, 0.1) is 12.3 Å². The van der Waals surface area contributed by atoms with Crippen LogP contribution in [0.2, 0.25) is 0 Å². The maximum absolute atomic E-state index is 5.27. The van der Waals surface area contributed by atoms with E-state index < -0.39 is 0 Å². The first-order valence-electron chi connectivity index (χ1n) is 7.16. The van der Waals surface area contributed by atoms with E-state index in [1.54, 1.807) is 18.4 Å². The molecule has 0 amide bonds. The lowest BCUT2D eigenvalue weighted by Gasteiger charge is -2.20. The number of nitrogens with one attached hydrogen (secondary N) is 1. The normalized spacial score (nSPS) is 12.2. The van der Waals surface area contributed by atoms with Crippen molar-refractivity contribution in [2.45, 2.75) is 53.3 Å². The van der Waals surface area contributed by atoms with Gasteiger partial charge >= 0.3 is 0 Å². The van der Waals surface area contributed by atoms with Gasteiger partial charge in [0, 0.05) is 37.7 Å². The van der Waals surface area contributed by atoms with Gasteiger partial charge in [0.15, 0.2) is 5.13 Å². The largest absolute Gasteiger partial charge is 0.378 e. The van der Waals surface area contributed by atoms with E-state index in [9.17, 15) is 0 Å². The third kappa shape index (κ3) is 5.77. The highest BCUT2D eigenvalue weighted by molar-refractivity contribution is 7.15. The van der Waals surface area contributed by atoms with Crippen LogP contribution < -0.4 is 10.2 Å². The van der Waals surface area contributed by atoms with Gasteiger partial charge in [-0.15, -0.1) is 11.3 Å². The molecule has 1 aromatic rings. The number of rotatable bonds is 7. The summed E-state index contributed by atoms with van der Waals surface area (Å²) in [6.45, 7) is 13.4. The fourth-order valence-corrected chi connectivity index (χ4v) is 2.87. The molecule has 0 bridgehead atoms. The Kier molecular flexibility index (Phi) is 6.43. The molecule has 1 aromatic heterocycles. The molecular formula is C15H29N3OS. The Balaban J connectivity index is 2.83. The van der Waals surface area contributed by atoms with Crippen molar-refractivity contribution in [1.82, 2.24) is 10.3 Å². The third-order valence-corrected chi connectivity index (χ3v) is 4.00. The SMILES string of the molecule is COCc1nc(N(C)CC(C)C)sc1CNC(C)(C)C. The zero-order valence-electron chi connectivity index (χ0n) is 13.9. The lowest BCUT2D eigenvalue weighted by Crippen LogP contribution is -2.35. The number of methoxy groups -OCH3 is 1. The number of ether oxygens (including phenoxy) is 1. The zero-order valence-corrected chi connectivity index (χ0v) is 14.7. The number of aromatic nitrogens is 1. The summed E-state index contributed by atoms with van der Waals surface area (Å²) in [6, 6.07) is 0. The second kappa shape index (κ2) is 7.38. The molecule has 1 N–H and O–H groups in total. The van der Waals surface area contributed by atoms with Gasteiger partial charge in [0.1, 0.15) is 0 Å². The van der Waals surface area contributed by atoms with Crippen LogP contribution in [0.4, 0.5) is 5.13 Å². The number of hydrogen-bond donors (Lipinski definition) is 1. The van der Waals surface area contributed by atoms with E-state index in [0.29, 0.717) is 12.5 Å². The Labute approximate surface area is 127 Å². The third-order valence-electron chi connectivity index (χ3n) is 2.79. The highest BCUT2D eigenvalue weighted by atomic mass is 32.1. The fourth-order valence-electron chi connectivity index (χ4n) is 1.89. The molecule has 20 heavy (non-hydrogen) atoms. The summed E-state index contributed by atoms with van der Waals surface area (Å²) in [7, 11) is 3.83. The minimum absolute atomic E-state index is 0.109. The van der Waals surface area contributed by atoms with Crippen LogP contribution in [0.3, 0.4) is 0 Å². The van der Waals surface area contributed by atoms with Gasteiger partial charge in [-0.2, -0.15) is 0 Å². The van der Waals surface area contributed by atoms with Gasteiger partial charge in [-0.3, -0.25) is 0 Å². The van der Waals surface area contributed by atoms with Crippen LogP contribution in [0.1, 0.15) is 45.2 Å². The second-order valence-corrected chi connectivity index (χ2v) is 7.74. The monoisotopic (exact) mass is 299 g/mol. The highest BCUT2D eigenvalue weighted by Gasteiger charge is 2.17. The molecule has 0 aliphatic rings. The lowest BCUT2D eigenvalue weighted by molar-refractivity contribution is 0.181. The molecule has 116 valence electrons. The zero-order chi connectivity index (χ0) is 15.3. The summed E-state index contributed by atoms with van der Waals surface area (Å²) in [4.78, 5) is 8.23. The standard InChI is InChI=1S/C15H29N3OS/c1-11(2)9-18(6)14-17-12(10-19-7)13(20-14)8-16-15(3,4)5/h11,16H,8-10H2,1-7H3. The van der Waals surface area contributed by atoms with Gasteiger partial charge in [-0.1, -0.05) is 13.8 Å². The minimum atomic E-state index is 0.109. The summed E-state index contributed by atoms with van der Waals surface area (Å²) >= 11 is 1.76. The average Bonchev–Trinajstić information content (AvgIpc) is 2.68. The van der Waals surface area contributed by atoms with Crippen molar-refractivity contribution in [2.75, 3.05) is 25.6 Å². The van der Waals surface area contributed by atoms with Crippen LogP contribution in [0, 0.1) is 5.92 Å². The van der Waals surface area contributed by atoms with E-state index >= 15 is 0 Å². The second-order valence-electron chi connectivity index (χ2n) is 6.68. The average molecular weight is 299 g/mol. The van der Waals surface area contributed by atoms with Crippen LogP contribution in [-0.2, 0) is 17.9 Å². The first-order valence-corrected chi connectivity index (χ1v) is 7.98. The quantitative estimate of drug-likeness (QED) is 0.838. The maximum Gasteiger partial charge on any atom is 0.185 e. The Morgan fingerprint density at radius 3 is 2.50 bits per heavy atom. The van der Waals surface area contributed by atoms with E-state index in [2.05, 4.69) is 51.9 Å². The van der Waals surface area contributed by atoms with Crippen molar-refractivity contribution in [3.63, 3.8) is 0 Å². The van der Waals surface area contributed by atoms with Gasteiger partial charge in [-0.25, -0.2) is 4.98 Å². The smallest absolute Gasteiger partial charge is 0.185 e. The van der Waals surface area contributed by atoms with Gasteiger partial charge < -0.3 is 15.0 Å². The number of nitrogens with zero attached hydrogens (tertiary/aromatic N) is 2. The number of hydrogen-bond acceptors (Lipinski definition) is 5. The molecule has 0 aliphatic heterocycles. The van der Waals surface area contributed by atoms with E-state index in [0.717, 1.165) is 23.9 Å². The van der Waals surface area contributed by atoms with Crippen LogP contribution in [0.15, 0.2) is 0 Å². The molecule has 0 saturated heterocycles. The van der Waals surface area contributed by atoms with Gasteiger partial charge in [-0.05, 0) is 26.7 Å². The summed E-state index contributed by atoms with van der Waals surface area (Å²) in [5.41, 5.74) is 1.16. The van der Waals surface area contributed by atoms with Crippen LogP contribution in [0.25, 0.3) is 0 Å². The van der Waals surface area contributed by atoms with E-state index in [1.165, 1.54) is 4.88 Å². The van der Waals surface area contributed by atoms with Crippen molar-refractivity contribution < 1.29 is 4.74 Å². The maximum atomic E-state index is 5.27. The Morgan fingerprint density at radius 1 is 1.35 bits per heavy atom. The molecule has 5 heteroatoms. The Morgan fingerprint density at radius 2 is 2.00 bits per heavy atom. The molecule has 0 aromatic carbocycles. The summed E-state index contributed by atoms with van der Waals surface area (Å²) in [6.07, 6.45) is 0. The van der Waals surface area contributed by atoms with Crippen molar-refractivity contribution in [2.24, 2.45) is 5.92 Å². The Hall–Kier alpha value is -0.650. The Bertz CT molecular complexity index is 410. The van der Waals surface area contributed by atoms with E-state index in [4.69, 9.17) is 9.72 Å². The fraction of sp³-hybridized carbons (Fsp3) is 0.800. The molecule has 1 rings (SSSR count). The first-order chi connectivity index (χ1) is 9.23. The molecule has 0 radical (unpaired) electrons. The molecule has 0 spiro atoms.